The molecule has 0 saturated heterocycles. The lowest BCUT2D eigenvalue weighted by molar-refractivity contribution is 0.0995. The summed E-state index contributed by atoms with van der Waals surface area (Å²) in [5.41, 5.74) is 0.716. The third-order valence-electron chi connectivity index (χ3n) is 7.91. The molecule has 2 aliphatic carbocycles. The van der Waals surface area contributed by atoms with Crippen molar-refractivity contribution in [2.45, 2.75) is 12.8 Å². The summed E-state index contributed by atoms with van der Waals surface area (Å²) < 4.78 is 68.0. The summed E-state index contributed by atoms with van der Waals surface area (Å²) >= 11 is 0. The highest BCUT2D eigenvalue weighted by Gasteiger charge is 2.28. The number of allylic oxidation sites excluding steroid dienone is 2. The topological polar surface area (TPSA) is 249 Å². The van der Waals surface area contributed by atoms with Gasteiger partial charge in [-0.2, -0.15) is 16.8 Å². The highest BCUT2D eigenvalue weighted by atomic mass is 32.2. The van der Waals surface area contributed by atoms with Crippen molar-refractivity contribution in [2.24, 2.45) is 9.98 Å². The third kappa shape index (κ3) is 7.72. The quantitative estimate of drug-likeness (QED) is 0.145. The molecule has 17 heteroatoms. The van der Waals surface area contributed by atoms with Crippen LogP contribution in [-0.2, 0) is 33.1 Å². The van der Waals surface area contributed by atoms with E-state index in [4.69, 9.17) is 0 Å². The maximum atomic E-state index is 13.3. The van der Waals surface area contributed by atoms with Crippen molar-refractivity contribution in [2.75, 3.05) is 10.6 Å². The zero-order valence-corrected chi connectivity index (χ0v) is 28.1. The van der Waals surface area contributed by atoms with Crippen LogP contribution < -0.4 is 10.6 Å². The largest absolute Gasteiger partial charge is 0.508 e. The number of fused-ring (bicyclic) bond motifs is 2. The molecule has 0 saturated carbocycles. The molecule has 0 heterocycles. The molecular formula is C35H26N4O11S2. The number of phenolic OH excluding ortho intramolecular Hbond substituents is 2. The summed E-state index contributed by atoms with van der Waals surface area (Å²) in [6.07, 6.45) is 2.03. The van der Waals surface area contributed by atoms with Gasteiger partial charge in [-0.25, -0.2) is 14.8 Å². The van der Waals surface area contributed by atoms with E-state index in [0.717, 1.165) is 12.2 Å². The normalized spacial score (nSPS) is 15.6. The maximum absolute atomic E-state index is 13.3. The van der Waals surface area contributed by atoms with Gasteiger partial charge in [-0.15, -0.1) is 0 Å². The summed E-state index contributed by atoms with van der Waals surface area (Å²) in [5.74, 6) is -2.17. The molecule has 264 valence electrons. The van der Waals surface area contributed by atoms with Gasteiger partial charge in [0.15, 0.2) is 0 Å². The Kier molecular flexibility index (Phi) is 9.44. The fourth-order valence-electron chi connectivity index (χ4n) is 5.63. The number of aliphatic imine (C=N–C) groups is 2. The van der Waals surface area contributed by atoms with Crippen molar-refractivity contribution < 1.29 is 50.5 Å². The number of hydrogen-bond donors (Lipinski definition) is 6. The molecule has 4 aromatic rings. The first kappa shape index (κ1) is 35.6. The molecule has 0 atom stereocenters. The number of carbonyl (C=O) groups is 3. The van der Waals surface area contributed by atoms with Crippen molar-refractivity contribution in [3.8, 4) is 11.5 Å². The number of nitrogens with zero attached hydrogens (tertiary/aromatic N) is 2. The smallest absolute Gasteiger partial charge is 0.323 e. The van der Waals surface area contributed by atoms with Crippen LogP contribution in [0.1, 0.15) is 43.0 Å². The van der Waals surface area contributed by atoms with E-state index in [9.17, 15) is 50.5 Å². The van der Waals surface area contributed by atoms with Gasteiger partial charge in [0.1, 0.15) is 21.3 Å². The second-order valence-corrected chi connectivity index (χ2v) is 14.3. The second kappa shape index (κ2) is 13.8. The maximum Gasteiger partial charge on any atom is 0.323 e. The highest BCUT2D eigenvalue weighted by Crippen LogP contribution is 2.33. The summed E-state index contributed by atoms with van der Waals surface area (Å²) in [6.45, 7) is 0. The van der Waals surface area contributed by atoms with Crippen molar-refractivity contribution in [3.05, 3.63) is 130 Å². The lowest BCUT2D eigenvalue weighted by Crippen LogP contribution is -2.22. The molecule has 4 amide bonds. The van der Waals surface area contributed by atoms with E-state index in [0.29, 0.717) is 11.1 Å². The Labute approximate surface area is 295 Å². The minimum atomic E-state index is -4.77. The minimum absolute atomic E-state index is 0.00547. The fraction of sp³-hybridized carbons (Fsp3) is 0.0571. The van der Waals surface area contributed by atoms with Crippen LogP contribution in [0.4, 0.5) is 16.2 Å². The lowest BCUT2D eigenvalue weighted by atomic mass is 9.95. The number of anilines is 2. The van der Waals surface area contributed by atoms with Gasteiger partial charge in [-0.1, -0.05) is 36.4 Å². The van der Waals surface area contributed by atoms with Gasteiger partial charge in [0.25, 0.3) is 32.1 Å². The minimum Gasteiger partial charge on any atom is -0.508 e. The number of urea groups is 1. The SMILES string of the molecule is O=C(Nc1ccccc1C(=O)/N=C1/C=C(S(=O)(=O)O)c2cc(O)ccc2C1)Nc1ccccc1C(=O)/N=C1/C=C(S(=O)(=O)O)c2cc(O)ccc2C1. The van der Waals surface area contributed by atoms with E-state index >= 15 is 0 Å². The van der Waals surface area contributed by atoms with E-state index in [1.54, 1.807) is 0 Å². The predicted octanol–water partition coefficient (Wildman–Crippen LogP) is 4.87. The van der Waals surface area contributed by atoms with Crippen LogP contribution in [0.3, 0.4) is 0 Å². The number of para-hydroxylation sites is 2. The number of hydrogen-bond acceptors (Lipinski definition) is 9. The first-order chi connectivity index (χ1) is 24.6. The molecule has 0 fully saturated rings. The molecule has 52 heavy (non-hydrogen) atoms. The van der Waals surface area contributed by atoms with Crippen LogP contribution in [0.5, 0.6) is 11.5 Å². The first-order valence-corrected chi connectivity index (χ1v) is 18.0. The zero-order valence-electron chi connectivity index (χ0n) is 26.5. The van der Waals surface area contributed by atoms with Crippen LogP contribution >= 0.6 is 0 Å². The van der Waals surface area contributed by atoms with Crippen LogP contribution in [0.15, 0.2) is 107 Å². The standard InChI is InChI=1S/C35H26N4O11S2/c40-23-11-9-19-13-21(15-31(27(19)17-23)51(45,46)47)36-33(42)25-5-1-3-7-29(25)38-35(44)39-30-8-4-2-6-26(30)34(43)37-22-14-20-10-12-24(41)18-28(20)32(16-22)52(48,49)50/h1-12,15-18,40-41H,13-14H2,(H2,38,39,44)(H,45,46,47)(H,48,49,50)/b36-21+,37-22+. The van der Waals surface area contributed by atoms with Gasteiger partial charge < -0.3 is 20.8 Å². The summed E-state index contributed by atoms with van der Waals surface area (Å²) in [5, 5.41) is 24.7. The fourth-order valence-corrected chi connectivity index (χ4v) is 7.14. The van der Waals surface area contributed by atoms with Crippen LogP contribution in [-0.4, -0.2) is 65.4 Å². The molecule has 0 spiro atoms. The molecular weight excluding hydrogens is 717 g/mol. The van der Waals surface area contributed by atoms with Gasteiger partial charge in [-0.05, 0) is 71.8 Å². The molecule has 0 bridgehead atoms. The molecule has 0 unspecified atom stereocenters. The molecule has 6 rings (SSSR count). The number of carbonyl (C=O) groups excluding carboxylic acids is 3. The molecule has 4 aromatic carbocycles. The monoisotopic (exact) mass is 742 g/mol. The third-order valence-corrected chi connectivity index (χ3v) is 9.70. The van der Waals surface area contributed by atoms with Crippen LogP contribution in [0.25, 0.3) is 9.81 Å². The number of amides is 4. The Bertz CT molecular complexity index is 2380. The number of rotatable bonds is 6. The van der Waals surface area contributed by atoms with Gasteiger partial charge in [0.05, 0.1) is 33.9 Å². The Balaban J connectivity index is 1.23. The predicted molar refractivity (Wildman–Crippen MR) is 192 cm³/mol. The Morgan fingerprint density at radius 1 is 0.577 bits per heavy atom. The van der Waals surface area contributed by atoms with E-state index in [-0.39, 0.29) is 69.4 Å². The van der Waals surface area contributed by atoms with Crippen molar-refractivity contribution >= 4 is 70.7 Å². The van der Waals surface area contributed by atoms with Crippen molar-refractivity contribution in [1.82, 2.24) is 0 Å². The van der Waals surface area contributed by atoms with Crippen LogP contribution in [0, 0.1) is 0 Å². The van der Waals surface area contributed by atoms with Crippen molar-refractivity contribution in [3.63, 3.8) is 0 Å². The van der Waals surface area contributed by atoms with Gasteiger partial charge in [0, 0.05) is 24.0 Å². The van der Waals surface area contributed by atoms with Gasteiger partial charge in [-0.3, -0.25) is 18.7 Å². The Hall–Kier alpha value is -6.27. The number of nitrogens with one attached hydrogen (secondary N) is 2. The summed E-state index contributed by atoms with van der Waals surface area (Å²) in [7, 11) is -9.54. The second-order valence-electron chi connectivity index (χ2n) is 11.5. The molecule has 0 aromatic heterocycles. The van der Waals surface area contributed by atoms with E-state index < -0.39 is 47.9 Å². The van der Waals surface area contributed by atoms with Gasteiger partial charge in [0.2, 0.25) is 0 Å². The number of benzene rings is 4. The number of phenols is 2. The average molecular weight is 743 g/mol. The summed E-state index contributed by atoms with van der Waals surface area (Å²) in [4.78, 5) is 46.8. The van der Waals surface area contributed by atoms with E-state index in [2.05, 4.69) is 20.6 Å². The molecule has 0 radical (unpaired) electrons. The van der Waals surface area contributed by atoms with E-state index in [1.807, 2.05) is 0 Å². The number of aromatic hydroxyl groups is 2. The zero-order chi connectivity index (χ0) is 37.4. The van der Waals surface area contributed by atoms with Crippen molar-refractivity contribution in [1.29, 1.82) is 0 Å². The Morgan fingerprint density at radius 2 is 0.962 bits per heavy atom. The summed E-state index contributed by atoms with van der Waals surface area (Å²) in [6, 6.07) is 18.6. The van der Waals surface area contributed by atoms with Crippen LogP contribution in [0.2, 0.25) is 0 Å². The van der Waals surface area contributed by atoms with Gasteiger partial charge >= 0.3 is 6.03 Å². The molecule has 2 aliphatic rings. The Morgan fingerprint density at radius 3 is 1.35 bits per heavy atom. The lowest BCUT2D eigenvalue weighted by Gasteiger charge is -2.18. The van der Waals surface area contributed by atoms with E-state index in [1.165, 1.54) is 84.9 Å². The molecule has 6 N–H and O–H groups in total. The first-order valence-electron chi connectivity index (χ1n) is 15.1. The molecule has 15 nitrogen and oxygen atoms in total. The highest BCUT2D eigenvalue weighted by molar-refractivity contribution is 7.95. The molecule has 0 aliphatic heterocycles. The average Bonchev–Trinajstić information content (AvgIpc) is 3.07.